The van der Waals surface area contributed by atoms with Crippen LogP contribution >= 0.6 is 0 Å². The minimum absolute atomic E-state index is 0.0103. The first-order valence-corrected chi connectivity index (χ1v) is 5.55. The van der Waals surface area contributed by atoms with Gasteiger partial charge in [-0.1, -0.05) is 0 Å². The third-order valence-corrected chi connectivity index (χ3v) is 2.46. The van der Waals surface area contributed by atoms with Crippen LogP contribution in [0.25, 0.3) is 0 Å². The number of rotatable bonds is 3. The lowest BCUT2D eigenvalue weighted by molar-refractivity contribution is 0.0943. The molecule has 88 valence electrons. The van der Waals surface area contributed by atoms with E-state index >= 15 is 0 Å². The minimum Gasteiger partial charge on any atom is -0.388 e. The third-order valence-electron chi connectivity index (χ3n) is 2.46. The van der Waals surface area contributed by atoms with E-state index in [1.165, 1.54) is 0 Å². The summed E-state index contributed by atoms with van der Waals surface area (Å²) in [6, 6.07) is 3.99. The van der Waals surface area contributed by atoms with Gasteiger partial charge in [0.25, 0.3) is 5.91 Å². The Hall–Kier alpha value is -1.51. The number of carbonyl (C=O) groups is 1. The highest BCUT2D eigenvalue weighted by atomic mass is 16.1. The Morgan fingerprint density at radius 1 is 1.19 bits per heavy atom. The van der Waals surface area contributed by atoms with Crippen molar-refractivity contribution < 1.29 is 4.79 Å². The highest BCUT2D eigenvalue weighted by Gasteiger charge is 2.10. The van der Waals surface area contributed by atoms with Crippen LogP contribution in [0.3, 0.4) is 0 Å². The molecule has 0 saturated carbocycles. The average molecular weight is 220 g/mol. The van der Waals surface area contributed by atoms with Gasteiger partial charge in [0.2, 0.25) is 0 Å². The van der Waals surface area contributed by atoms with E-state index in [0.29, 0.717) is 0 Å². The first-order chi connectivity index (χ1) is 7.45. The number of nitrogens with one attached hydrogen (secondary N) is 2. The van der Waals surface area contributed by atoms with Gasteiger partial charge in [0.05, 0.1) is 0 Å². The molecule has 0 saturated heterocycles. The fraction of sp³-hybridized carbons (Fsp3) is 0.462. The Kier molecular flexibility index (Phi) is 3.93. The largest absolute Gasteiger partial charge is 0.388 e. The van der Waals surface area contributed by atoms with Crippen molar-refractivity contribution in [2.75, 3.05) is 12.4 Å². The average Bonchev–Trinajstić information content (AvgIpc) is 2.16. The zero-order chi connectivity index (χ0) is 12.3. The van der Waals surface area contributed by atoms with Crippen molar-refractivity contribution in [3.8, 4) is 0 Å². The molecule has 0 aromatic heterocycles. The first kappa shape index (κ1) is 12.6. The lowest BCUT2D eigenvalue weighted by Gasteiger charge is -2.13. The van der Waals surface area contributed by atoms with Gasteiger partial charge in [-0.15, -0.1) is 0 Å². The Balaban J connectivity index is 3.04. The van der Waals surface area contributed by atoms with Crippen molar-refractivity contribution in [3.63, 3.8) is 0 Å². The van der Waals surface area contributed by atoms with E-state index in [0.717, 1.165) is 22.4 Å². The summed E-state index contributed by atoms with van der Waals surface area (Å²) in [5.41, 5.74) is 4.01. The van der Waals surface area contributed by atoms with Gasteiger partial charge in [0, 0.05) is 24.3 Å². The van der Waals surface area contributed by atoms with Crippen LogP contribution in [0.2, 0.25) is 0 Å². The number of aryl methyl sites for hydroxylation is 2. The molecule has 0 bridgehead atoms. The highest BCUT2D eigenvalue weighted by molar-refractivity contribution is 5.95. The fourth-order valence-electron chi connectivity index (χ4n) is 1.83. The molecule has 0 atom stereocenters. The summed E-state index contributed by atoms with van der Waals surface area (Å²) in [5.74, 6) is -0.0103. The second-order valence-corrected chi connectivity index (χ2v) is 4.36. The monoisotopic (exact) mass is 220 g/mol. The summed E-state index contributed by atoms with van der Waals surface area (Å²) in [5, 5.41) is 6.03. The molecule has 0 aliphatic heterocycles. The maximum absolute atomic E-state index is 11.8. The molecular weight excluding hydrogens is 200 g/mol. The van der Waals surface area contributed by atoms with E-state index in [1.54, 1.807) is 0 Å². The molecule has 1 aromatic rings. The summed E-state index contributed by atoms with van der Waals surface area (Å²) in [7, 11) is 1.89. The van der Waals surface area contributed by atoms with Crippen molar-refractivity contribution in [3.05, 3.63) is 28.8 Å². The Morgan fingerprint density at radius 3 is 2.06 bits per heavy atom. The predicted octanol–water partition coefficient (Wildman–Crippen LogP) is 2.48. The van der Waals surface area contributed by atoms with Gasteiger partial charge in [-0.3, -0.25) is 4.79 Å². The van der Waals surface area contributed by atoms with Gasteiger partial charge in [-0.25, -0.2) is 0 Å². The second kappa shape index (κ2) is 5.01. The summed E-state index contributed by atoms with van der Waals surface area (Å²) in [6.07, 6.45) is 0. The molecule has 1 rings (SSSR count). The van der Waals surface area contributed by atoms with Gasteiger partial charge < -0.3 is 10.6 Å². The van der Waals surface area contributed by atoms with Crippen LogP contribution in [-0.4, -0.2) is 19.0 Å². The number of anilines is 1. The lowest BCUT2D eigenvalue weighted by atomic mass is 10.0. The van der Waals surface area contributed by atoms with Crippen molar-refractivity contribution in [2.45, 2.75) is 33.7 Å². The normalized spacial score (nSPS) is 10.4. The molecule has 1 amide bonds. The van der Waals surface area contributed by atoms with Crippen molar-refractivity contribution in [2.24, 2.45) is 0 Å². The zero-order valence-corrected chi connectivity index (χ0v) is 10.6. The summed E-state index contributed by atoms with van der Waals surface area (Å²) < 4.78 is 0. The van der Waals surface area contributed by atoms with Crippen LogP contribution in [0.4, 0.5) is 5.69 Å². The van der Waals surface area contributed by atoms with Crippen LogP contribution < -0.4 is 10.6 Å². The van der Waals surface area contributed by atoms with Gasteiger partial charge in [-0.05, 0) is 51.0 Å². The van der Waals surface area contributed by atoms with Gasteiger partial charge in [0.1, 0.15) is 0 Å². The van der Waals surface area contributed by atoms with E-state index in [4.69, 9.17) is 0 Å². The third kappa shape index (κ3) is 2.75. The van der Waals surface area contributed by atoms with Crippen molar-refractivity contribution >= 4 is 11.6 Å². The summed E-state index contributed by atoms with van der Waals surface area (Å²) in [6.45, 7) is 7.93. The summed E-state index contributed by atoms with van der Waals surface area (Å²) >= 11 is 0. The Bertz CT molecular complexity index is 374. The molecule has 0 spiro atoms. The molecule has 16 heavy (non-hydrogen) atoms. The maximum atomic E-state index is 11.8. The molecule has 3 nitrogen and oxygen atoms in total. The predicted molar refractivity (Wildman–Crippen MR) is 68.1 cm³/mol. The topological polar surface area (TPSA) is 41.1 Å². The standard InChI is InChI=1S/C13H20N2O/c1-8(2)15-13(16)11-6-9(3)12(14-5)10(4)7-11/h6-8,14H,1-5H3,(H,15,16). The number of hydrogen-bond acceptors (Lipinski definition) is 2. The van der Waals surface area contributed by atoms with E-state index in [9.17, 15) is 4.79 Å². The minimum atomic E-state index is -0.0103. The molecule has 1 aromatic carbocycles. The molecule has 0 fully saturated rings. The zero-order valence-electron chi connectivity index (χ0n) is 10.6. The Labute approximate surface area is 97.2 Å². The molecule has 0 aliphatic rings. The number of benzene rings is 1. The van der Waals surface area contributed by atoms with E-state index in [-0.39, 0.29) is 11.9 Å². The lowest BCUT2D eigenvalue weighted by Crippen LogP contribution is -2.30. The van der Waals surface area contributed by atoms with Crippen LogP contribution in [0, 0.1) is 13.8 Å². The number of hydrogen-bond donors (Lipinski definition) is 2. The van der Waals surface area contributed by atoms with Crippen molar-refractivity contribution in [1.82, 2.24) is 5.32 Å². The maximum Gasteiger partial charge on any atom is 0.251 e. The Morgan fingerprint density at radius 2 is 1.69 bits per heavy atom. The number of carbonyl (C=O) groups excluding carboxylic acids is 1. The van der Waals surface area contributed by atoms with Gasteiger partial charge >= 0.3 is 0 Å². The molecular formula is C13H20N2O. The number of amides is 1. The molecule has 0 unspecified atom stereocenters. The molecule has 3 heteroatoms. The highest BCUT2D eigenvalue weighted by Crippen LogP contribution is 2.21. The smallest absolute Gasteiger partial charge is 0.251 e. The van der Waals surface area contributed by atoms with Crippen LogP contribution in [-0.2, 0) is 0 Å². The van der Waals surface area contributed by atoms with Gasteiger partial charge in [0.15, 0.2) is 0 Å². The van der Waals surface area contributed by atoms with E-state index < -0.39 is 0 Å². The van der Waals surface area contributed by atoms with Gasteiger partial charge in [-0.2, -0.15) is 0 Å². The fourth-order valence-corrected chi connectivity index (χ4v) is 1.83. The summed E-state index contributed by atoms with van der Waals surface area (Å²) in [4.78, 5) is 11.8. The first-order valence-electron chi connectivity index (χ1n) is 5.55. The molecule has 2 N–H and O–H groups in total. The van der Waals surface area contributed by atoms with E-state index in [2.05, 4.69) is 10.6 Å². The van der Waals surface area contributed by atoms with Crippen LogP contribution in [0.5, 0.6) is 0 Å². The van der Waals surface area contributed by atoms with Crippen molar-refractivity contribution in [1.29, 1.82) is 0 Å². The second-order valence-electron chi connectivity index (χ2n) is 4.36. The molecule has 0 heterocycles. The molecule has 0 aliphatic carbocycles. The van der Waals surface area contributed by atoms with E-state index in [1.807, 2.05) is 46.9 Å². The SMILES string of the molecule is CNc1c(C)cc(C(=O)NC(C)C)cc1C. The quantitative estimate of drug-likeness (QED) is 0.821. The molecule has 0 radical (unpaired) electrons. The van der Waals surface area contributed by atoms with Crippen LogP contribution in [0.15, 0.2) is 12.1 Å². The van der Waals surface area contributed by atoms with Crippen LogP contribution in [0.1, 0.15) is 35.3 Å².